The van der Waals surface area contributed by atoms with Crippen molar-refractivity contribution in [2.45, 2.75) is 19.8 Å². The highest BCUT2D eigenvalue weighted by atomic mass is 19.1. The van der Waals surface area contributed by atoms with Gasteiger partial charge in [-0.15, -0.1) is 0 Å². The summed E-state index contributed by atoms with van der Waals surface area (Å²) < 4.78 is 42.5. The van der Waals surface area contributed by atoms with Crippen molar-refractivity contribution in [3.8, 4) is 28.3 Å². The molecule has 0 saturated carbocycles. The summed E-state index contributed by atoms with van der Waals surface area (Å²) in [6.45, 7) is 2.08. The van der Waals surface area contributed by atoms with E-state index in [-0.39, 0.29) is 11.1 Å². The van der Waals surface area contributed by atoms with Crippen molar-refractivity contribution in [2.75, 3.05) is 0 Å². The maximum absolute atomic E-state index is 14.7. The quantitative estimate of drug-likeness (QED) is 0.450. The van der Waals surface area contributed by atoms with Crippen molar-refractivity contribution in [2.24, 2.45) is 0 Å². The molecule has 0 fully saturated rings. The highest BCUT2D eigenvalue weighted by Crippen LogP contribution is 2.40. The van der Waals surface area contributed by atoms with Gasteiger partial charge >= 0.3 is 0 Å². The Morgan fingerprint density at radius 2 is 1.54 bits per heavy atom. The molecule has 0 amide bonds. The van der Waals surface area contributed by atoms with E-state index in [2.05, 4.69) is 13.0 Å². The average molecular weight is 349 g/mol. The van der Waals surface area contributed by atoms with Crippen LogP contribution in [0.15, 0.2) is 42.5 Å². The van der Waals surface area contributed by atoms with Crippen LogP contribution in [0, 0.1) is 28.8 Å². The van der Waals surface area contributed by atoms with Gasteiger partial charge in [-0.3, -0.25) is 0 Å². The fourth-order valence-electron chi connectivity index (χ4n) is 3.55. The number of hydrogen-bond acceptors (Lipinski definition) is 1. The molecular weight excluding hydrogens is 335 g/mol. The van der Waals surface area contributed by atoms with E-state index in [1.807, 2.05) is 12.1 Å². The highest BCUT2D eigenvalue weighted by molar-refractivity contribution is 5.81. The van der Waals surface area contributed by atoms with Crippen LogP contribution < -0.4 is 0 Å². The lowest BCUT2D eigenvalue weighted by Gasteiger charge is -2.09. The highest BCUT2D eigenvalue weighted by Gasteiger charge is 2.22. The van der Waals surface area contributed by atoms with E-state index in [1.165, 1.54) is 17.7 Å². The topological polar surface area (TPSA) is 23.8 Å². The number of nitrogens with zero attached hydrogens (tertiary/aromatic N) is 1. The van der Waals surface area contributed by atoms with Crippen LogP contribution in [0.1, 0.15) is 29.2 Å². The molecule has 0 aromatic heterocycles. The molecule has 26 heavy (non-hydrogen) atoms. The normalized spacial score (nSPS) is 11.8. The van der Waals surface area contributed by atoms with E-state index in [9.17, 15) is 13.2 Å². The Labute approximate surface area is 149 Å². The Hall–Kier alpha value is -3.06. The van der Waals surface area contributed by atoms with Crippen LogP contribution in [0.3, 0.4) is 0 Å². The summed E-state index contributed by atoms with van der Waals surface area (Å²) in [6, 6.07) is 12.7. The smallest absolute Gasteiger partial charge is 0.144 e. The Balaban J connectivity index is 1.84. The van der Waals surface area contributed by atoms with Gasteiger partial charge < -0.3 is 0 Å². The van der Waals surface area contributed by atoms with Crippen molar-refractivity contribution in [3.63, 3.8) is 0 Å². The maximum atomic E-state index is 14.7. The second-order valence-corrected chi connectivity index (χ2v) is 6.44. The van der Waals surface area contributed by atoms with Crippen LogP contribution in [-0.4, -0.2) is 0 Å². The third-order valence-electron chi connectivity index (χ3n) is 4.91. The van der Waals surface area contributed by atoms with Gasteiger partial charge in [0.05, 0.1) is 0 Å². The molecule has 0 saturated heterocycles. The standard InChI is InChI=1S/C22H14F3N/c1-2-12-3-4-16-13(5-12)6-14-7-18(22(25)10-17(14)16)15-8-20(23)19(11-26)21(24)9-15/h3-5,7-10H,2,6H2,1H3. The monoisotopic (exact) mass is 349 g/mol. The van der Waals surface area contributed by atoms with Gasteiger partial charge in [0.2, 0.25) is 0 Å². The number of halogens is 3. The van der Waals surface area contributed by atoms with Gasteiger partial charge in [-0.05, 0) is 70.5 Å². The third kappa shape index (κ3) is 2.48. The minimum atomic E-state index is -0.988. The van der Waals surface area contributed by atoms with Gasteiger partial charge in [0.25, 0.3) is 0 Å². The number of aryl methyl sites for hydroxylation is 1. The largest absolute Gasteiger partial charge is 0.206 e. The van der Waals surface area contributed by atoms with E-state index in [0.717, 1.165) is 40.8 Å². The minimum Gasteiger partial charge on any atom is -0.206 e. The van der Waals surface area contributed by atoms with E-state index in [1.54, 1.807) is 6.07 Å². The fourth-order valence-corrected chi connectivity index (χ4v) is 3.55. The summed E-state index contributed by atoms with van der Waals surface area (Å²) in [7, 11) is 0. The summed E-state index contributed by atoms with van der Waals surface area (Å²) in [5.41, 5.74) is 4.66. The van der Waals surface area contributed by atoms with E-state index >= 15 is 0 Å². The van der Waals surface area contributed by atoms with Gasteiger partial charge in [0.15, 0.2) is 0 Å². The Bertz CT molecular complexity index is 1070. The molecule has 4 heteroatoms. The fraction of sp³-hybridized carbons (Fsp3) is 0.136. The van der Waals surface area contributed by atoms with Crippen molar-refractivity contribution >= 4 is 0 Å². The zero-order valence-electron chi connectivity index (χ0n) is 14.0. The summed E-state index contributed by atoms with van der Waals surface area (Å²) in [4.78, 5) is 0. The van der Waals surface area contributed by atoms with Crippen LogP contribution >= 0.6 is 0 Å². The number of benzene rings is 3. The molecule has 3 aromatic rings. The lowest BCUT2D eigenvalue weighted by Crippen LogP contribution is -1.95. The molecule has 0 heterocycles. The molecule has 0 bridgehead atoms. The van der Waals surface area contributed by atoms with Crippen LogP contribution in [0.5, 0.6) is 0 Å². The predicted molar refractivity (Wildman–Crippen MR) is 94.1 cm³/mol. The molecule has 4 rings (SSSR count). The molecule has 0 N–H and O–H groups in total. The Kier molecular flexibility index (Phi) is 3.81. The first-order valence-electron chi connectivity index (χ1n) is 8.36. The maximum Gasteiger partial charge on any atom is 0.144 e. The van der Waals surface area contributed by atoms with Crippen LogP contribution in [-0.2, 0) is 12.8 Å². The zero-order valence-corrected chi connectivity index (χ0v) is 14.0. The molecule has 0 atom stereocenters. The summed E-state index contributed by atoms with van der Waals surface area (Å²) >= 11 is 0. The zero-order chi connectivity index (χ0) is 18.4. The van der Waals surface area contributed by atoms with Crippen molar-refractivity contribution in [1.29, 1.82) is 5.26 Å². The first-order valence-corrected chi connectivity index (χ1v) is 8.36. The molecule has 128 valence electrons. The van der Waals surface area contributed by atoms with E-state index < -0.39 is 23.0 Å². The molecule has 0 spiro atoms. The molecule has 0 radical (unpaired) electrons. The average Bonchev–Trinajstić information content (AvgIpc) is 2.97. The van der Waals surface area contributed by atoms with Gasteiger partial charge in [-0.1, -0.05) is 25.1 Å². The number of fused-ring (bicyclic) bond motifs is 3. The first kappa shape index (κ1) is 16.4. The van der Waals surface area contributed by atoms with Gasteiger partial charge in [-0.25, -0.2) is 13.2 Å². The number of nitriles is 1. The van der Waals surface area contributed by atoms with Crippen molar-refractivity contribution < 1.29 is 13.2 Å². The van der Waals surface area contributed by atoms with Crippen LogP contribution in [0.4, 0.5) is 13.2 Å². The second kappa shape index (κ2) is 6.03. The molecule has 3 aromatic carbocycles. The van der Waals surface area contributed by atoms with Crippen LogP contribution in [0.25, 0.3) is 22.3 Å². The van der Waals surface area contributed by atoms with Gasteiger partial charge in [-0.2, -0.15) is 5.26 Å². The van der Waals surface area contributed by atoms with E-state index in [4.69, 9.17) is 5.26 Å². The van der Waals surface area contributed by atoms with E-state index in [0.29, 0.717) is 6.42 Å². The summed E-state index contributed by atoms with van der Waals surface area (Å²) in [6.07, 6.45) is 1.58. The molecular formula is C22H14F3N. The van der Waals surface area contributed by atoms with Crippen molar-refractivity contribution in [3.05, 3.63) is 82.2 Å². The molecule has 0 aliphatic heterocycles. The third-order valence-corrected chi connectivity index (χ3v) is 4.91. The predicted octanol–water partition coefficient (Wildman–Crippen LogP) is 5.78. The Morgan fingerprint density at radius 3 is 2.19 bits per heavy atom. The van der Waals surface area contributed by atoms with Gasteiger partial charge in [0, 0.05) is 5.56 Å². The number of rotatable bonds is 2. The second-order valence-electron chi connectivity index (χ2n) is 6.44. The molecule has 1 nitrogen and oxygen atoms in total. The van der Waals surface area contributed by atoms with Gasteiger partial charge in [0.1, 0.15) is 29.1 Å². The minimum absolute atomic E-state index is 0.0875. The molecule has 1 aliphatic carbocycles. The summed E-state index contributed by atoms with van der Waals surface area (Å²) in [5.74, 6) is -2.52. The Morgan fingerprint density at radius 1 is 0.846 bits per heavy atom. The molecule has 1 aliphatic rings. The SMILES string of the molecule is CCc1ccc2c(c1)Cc1cc(-c3cc(F)c(C#N)c(F)c3)c(F)cc1-2. The number of hydrogen-bond donors (Lipinski definition) is 0. The molecule has 0 unspecified atom stereocenters. The lowest BCUT2D eigenvalue weighted by atomic mass is 9.97. The van der Waals surface area contributed by atoms with Crippen LogP contribution in [0.2, 0.25) is 0 Å². The summed E-state index contributed by atoms with van der Waals surface area (Å²) in [5, 5.41) is 8.78. The van der Waals surface area contributed by atoms with Crippen molar-refractivity contribution in [1.82, 2.24) is 0 Å². The first-order chi connectivity index (χ1) is 12.5. The lowest BCUT2D eigenvalue weighted by molar-refractivity contribution is 0.577.